The zero-order valence-electron chi connectivity index (χ0n) is 8.72. The quantitative estimate of drug-likeness (QED) is 0.911. The summed E-state index contributed by atoms with van der Waals surface area (Å²) >= 11 is 3.39. The van der Waals surface area contributed by atoms with E-state index >= 15 is 0 Å². The molecule has 2 rings (SSSR count). The van der Waals surface area contributed by atoms with Crippen molar-refractivity contribution < 1.29 is 9.90 Å². The molecule has 0 amide bonds. The molecule has 2 aromatic rings. The molecule has 0 fully saturated rings. The summed E-state index contributed by atoms with van der Waals surface area (Å²) in [5.41, 5.74) is 1.46. The van der Waals surface area contributed by atoms with E-state index < -0.39 is 5.97 Å². The first-order valence-corrected chi connectivity index (χ1v) is 5.66. The Morgan fingerprint density at radius 2 is 2.00 bits per heavy atom. The Morgan fingerprint density at radius 1 is 1.24 bits per heavy atom. The van der Waals surface area contributed by atoms with E-state index in [1.165, 1.54) is 6.20 Å². The van der Waals surface area contributed by atoms with Gasteiger partial charge in [-0.15, -0.1) is 0 Å². The number of carbonyl (C=O) groups is 1. The molecule has 0 atom stereocenters. The molecular weight excluding hydrogens is 284 g/mol. The van der Waals surface area contributed by atoms with Crippen molar-refractivity contribution in [3.8, 4) is 0 Å². The van der Waals surface area contributed by atoms with Gasteiger partial charge in [0.05, 0.1) is 11.4 Å². The number of aromatic nitrogens is 1. The van der Waals surface area contributed by atoms with Gasteiger partial charge in [0.15, 0.2) is 0 Å². The van der Waals surface area contributed by atoms with Crippen LogP contribution in [0.25, 0.3) is 0 Å². The molecular formula is C12H9BrN2O2. The second-order valence-electron chi connectivity index (χ2n) is 3.33. The van der Waals surface area contributed by atoms with Gasteiger partial charge in [-0.25, -0.2) is 4.79 Å². The highest BCUT2D eigenvalue weighted by atomic mass is 79.9. The summed E-state index contributed by atoms with van der Waals surface area (Å²) in [5.74, 6) is -1.01. The van der Waals surface area contributed by atoms with Gasteiger partial charge < -0.3 is 10.4 Å². The Hall–Kier alpha value is -1.88. The normalized spacial score (nSPS) is 9.94. The Kier molecular flexibility index (Phi) is 3.39. The van der Waals surface area contributed by atoms with Crippen LogP contribution in [0.1, 0.15) is 10.4 Å². The molecule has 0 unspecified atom stereocenters. The van der Waals surface area contributed by atoms with Gasteiger partial charge in [0.1, 0.15) is 5.56 Å². The molecule has 17 heavy (non-hydrogen) atoms. The van der Waals surface area contributed by atoms with Crippen LogP contribution in [-0.4, -0.2) is 16.1 Å². The van der Waals surface area contributed by atoms with Crippen LogP contribution in [0.15, 0.2) is 47.2 Å². The van der Waals surface area contributed by atoms with Crippen LogP contribution in [0.5, 0.6) is 0 Å². The molecule has 0 aliphatic carbocycles. The van der Waals surface area contributed by atoms with Crippen LogP contribution < -0.4 is 5.32 Å². The smallest absolute Gasteiger partial charge is 0.339 e. The average Bonchev–Trinajstić information content (AvgIpc) is 2.32. The molecule has 1 aromatic heterocycles. The molecule has 1 aromatic carbocycles. The number of anilines is 2. The molecule has 0 saturated carbocycles. The van der Waals surface area contributed by atoms with Crippen LogP contribution in [0, 0.1) is 0 Å². The largest absolute Gasteiger partial charge is 0.478 e. The minimum atomic E-state index is -1.01. The number of carboxylic acid groups (broad SMARTS) is 1. The Morgan fingerprint density at radius 3 is 2.71 bits per heavy atom. The maximum absolute atomic E-state index is 11.0. The fourth-order valence-corrected chi connectivity index (χ4v) is 1.77. The molecule has 86 valence electrons. The fraction of sp³-hybridized carbons (Fsp3) is 0. The van der Waals surface area contributed by atoms with E-state index in [-0.39, 0.29) is 5.56 Å². The molecule has 0 aliphatic rings. The van der Waals surface area contributed by atoms with Gasteiger partial charge in [0.25, 0.3) is 0 Å². The molecule has 2 N–H and O–H groups in total. The van der Waals surface area contributed by atoms with Crippen LogP contribution in [0.2, 0.25) is 0 Å². The van der Waals surface area contributed by atoms with Crippen LogP contribution in [0.3, 0.4) is 0 Å². The summed E-state index contributed by atoms with van der Waals surface area (Å²) in [6.45, 7) is 0. The monoisotopic (exact) mass is 292 g/mol. The number of benzene rings is 1. The topological polar surface area (TPSA) is 62.2 Å². The Balaban J connectivity index is 2.37. The number of nitrogens with zero attached hydrogens (tertiary/aromatic N) is 1. The minimum Gasteiger partial charge on any atom is -0.478 e. The first-order valence-electron chi connectivity index (χ1n) is 4.87. The number of para-hydroxylation sites is 1. The minimum absolute atomic E-state index is 0.142. The number of halogens is 1. The zero-order chi connectivity index (χ0) is 12.3. The highest BCUT2D eigenvalue weighted by Gasteiger charge is 2.10. The lowest BCUT2D eigenvalue weighted by atomic mass is 10.2. The van der Waals surface area contributed by atoms with E-state index in [0.29, 0.717) is 5.69 Å². The molecule has 5 heteroatoms. The molecule has 4 nitrogen and oxygen atoms in total. The van der Waals surface area contributed by atoms with Gasteiger partial charge in [0, 0.05) is 16.9 Å². The van der Waals surface area contributed by atoms with Crippen LogP contribution in [0.4, 0.5) is 11.4 Å². The average molecular weight is 293 g/mol. The maximum Gasteiger partial charge on any atom is 0.339 e. The Bertz CT molecular complexity index is 558. The lowest BCUT2D eigenvalue weighted by Gasteiger charge is -2.10. The second kappa shape index (κ2) is 4.97. The molecule has 0 spiro atoms. The van der Waals surface area contributed by atoms with Crippen molar-refractivity contribution >= 4 is 33.3 Å². The first-order chi connectivity index (χ1) is 8.18. The summed E-state index contributed by atoms with van der Waals surface area (Å²) in [6.07, 6.45) is 2.87. The number of hydrogen-bond donors (Lipinski definition) is 2. The van der Waals surface area contributed by atoms with E-state index in [9.17, 15) is 4.79 Å². The number of nitrogens with one attached hydrogen (secondary N) is 1. The van der Waals surface area contributed by atoms with Gasteiger partial charge in [-0.05, 0) is 34.1 Å². The first kappa shape index (κ1) is 11.6. The van der Waals surface area contributed by atoms with Crippen molar-refractivity contribution in [2.24, 2.45) is 0 Å². The fourth-order valence-electron chi connectivity index (χ4n) is 1.38. The summed E-state index contributed by atoms with van der Waals surface area (Å²) in [7, 11) is 0. The van der Waals surface area contributed by atoms with Crippen molar-refractivity contribution in [1.82, 2.24) is 4.98 Å². The van der Waals surface area contributed by atoms with Crippen molar-refractivity contribution in [2.45, 2.75) is 0 Å². The molecule has 0 saturated heterocycles. The van der Waals surface area contributed by atoms with Crippen molar-refractivity contribution in [1.29, 1.82) is 0 Å². The summed E-state index contributed by atoms with van der Waals surface area (Å²) in [5, 5.41) is 12.1. The lowest BCUT2D eigenvalue weighted by molar-refractivity contribution is 0.0697. The van der Waals surface area contributed by atoms with Gasteiger partial charge in [-0.3, -0.25) is 4.98 Å². The zero-order valence-corrected chi connectivity index (χ0v) is 10.3. The Labute approximate surface area is 106 Å². The number of carboxylic acids is 1. The molecule has 0 aliphatic heterocycles. The number of hydrogen-bond acceptors (Lipinski definition) is 3. The van der Waals surface area contributed by atoms with Crippen molar-refractivity contribution in [3.63, 3.8) is 0 Å². The third-order valence-corrected chi connectivity index (χ3v) is 2.89. The van der Waals surface area contributed by atoms with E-state index in [0.717, 1.165) is 10.2 Å². The highest BCUT2D eigenvalue weighted by molar-refractivity contribution is 9.10. The standard InChI is InChI=1S/C12H9BrN2O2/c13-9-3-1-2-4-11(9)15-10-5-6-14-7-8(10)12(16)17/h1-7H,(H,14,15)(H,16,17). The number of aromatic carboxylic acids is 1. The van der Waals surface area contributed by atoms with E-state index in [4.69, 9.17) is 5.11 Å². The van der Waals surface area contributed by atoms with E-state index in [2.05, 4.69) is 26.2 Å². The predicted octanol–water partition coefficient (Wildman–Crippen LogP) is 3.29. The lowest BCUT2D eigenvalue weighted by Crippen LogP contribution is -2.03. The molecule has 0 radical (unpaired) electrons. The highest BCUT2D eigenvalue weighted by Crippen LogP contribution is 2.26. The summed E-state index contributed by atoms with van der Waals surface area (Å²) < 4.78 is 0.869. The van der Waals surface area contributed by atoms with Gasteiger partial charge >= 0.3 is 5.97 Å². The molecule has 1 heterocycles. The third-order valence-electron chi connectivity index (χ3n) is 2.19. The van der Waals surface area contributed by atoms with Crippen molar-refractivity contribution in [3.05, 3.63) is 52.8 Å². The molecule has 0 bridgehead atoms. The maximum atomic E-state index is 11.0. The summed E-state index contributed by atoms with van der Waals surface area (Å²) in [6, 6.07) is 9.12. The van der Waals surface area contributed by atoms with E-state index in [1.54, 1.807) is 12.3 Å². The SMILES string of the molecule is O=C(O)c1cnccc1Nc1ccccc1Br. The number of rotatable bonds is 3. The van der Waals surface area contributed by atoms with Gasteiger partial charge in [0.2, 0.25) is 0 Å². The van der Waals surface area contributed by atoms with Crippen molar-refractivity contribution in [2.75, 3.05) is 5.32 Å². The summed E-state index contributed by atoms with van der Waals surface area (Å²) in [4.78, 5) is 14.8. The second-order valence-corrected chi connectivity index (χ2v) is 4.19. The van der Waals surface area contributed by atoms with Crippen LogP contribution >= 0.6 is 15.9 Å². The van der Waals surface area contributed by atoms with Gasteiger partial charge in [-0.2, -0.15) is 0 Å². The predicted molar refractivity (Wildman–Crippen MR) is 68.6 cm³/mol. The number of pyridine rings is 1. The third kappa shape index (κ3) is 2.62. The van der Waals surface area contributed by atoms with Gasteiger partial charge in [-0.1, -0.05) is 12.1 Å². The van der Waals surface area contributed by atoms with Crippen LogP contribution in [-0.2, 0) is 0 Å². The van der Waals surface area contributed by atoms with E-state index in [1.807, 2.05) is 24.3 Å².